The van der Waals surface area contributed by atoms with Crippen molar-refractivity contribution in [1.82, 2.24) is 0 Å². The molecule has 0 radical (unpaired) electrons. The zero-order chi connectivity index (χ0) is 27.7. The number of methoxy groups -OCH3 is 2. The first kappa shape index (κ1) is 27.0. The predicted octanol–water partition coefficient (Wildman–Crippen LogP) is 1.26. The van der Waals surface area contributed by atoms with Crippen molar-refractivity contribution >= 4 is 16.9 Å². The van der Waals surface area contributed by atoms with Crippen LogP contribution < -0.4 is 14.2 Å². The van der Waals surface area contributed by atoms with Gasteiger partial charge in [0.15, 0.2) is 11.5 Å². The number of ether oxygens (including phenoxy) is 5. The Bertz CT molecular complexity index is 1320. The average Bonchev–Trinajstić information content (AvgIpc) is 2.88. The fourth-order valence-corrected chi connectivity index (χ4v) is 3.97. The number of aliphatic hydroxyl groups is 3. The largest absolute Gasteiger partial charge is 0.507 e. The molecular formula is C25H27O13+. The molecule has 0 bridgehead atoms. The van der Waals surface area contributed by atoms with E-state index in [2.05, 4.69) is 0 Å². The zero-order valence-electron chi connectivity index (χ0n) is 20.5. The molecule has 1 fully saturated rings. The van der Waals surface area contributed by atoms with E-state index in [-0.39, 0.29) is 56.8 Å². The molecule has 1 aliphatic heterocycles. The Kier molecular flexibility index (Phi) is 7.64. The molecule has 3 aromatic rings. The molecule has 1 aliphatic rings. The summed E-state index contributed by atoms with van der Waals surface area (Å²) in [5, 5.41) is 62.0. The van der Waals surface area contributed by atoms with E-state index in [0.29, 0.717) is 0 Å². The SMILES string of the molecule is COc1cc(-c2[o+]c3cc(O)cc(O)c3cc2OC2OC(COC(C)=O)C(O)C(O)C2O)cc(OC)c1O. The van der Waals surface area contributed by atoms with Crippen LogP contribution in [0.1, 0.15) is 6.92 Å². The van der Waals surface area contributed by atoms with Gasteiger partial charge in [0.2, 0.25) is 17.8 Å². The number of hydrogen-bond acceptors (Lipinski definition) is 12. The van der Waals surface area contributed by atoms with Gasteiger partial charge < -0.3 is 54.3 Å². The Hall–Kier alpha value is -4.04. The lowest BCUT2D eigenvalue weighted by Gasteiger charge is -2.39. The lowest BCUT2D eigenvalue weighted by molar-refractivity contribution is -0.278. The molecule has 0 spiro atoms. The summed E-state index contributed by atoms with van der Waals surface area (Å²) in [7, 11) is 2.65. The first-order valence-electron chi connectivity index (χ1n) is 11.3. The van der Waals surface area contributed by atoms with Crippen LogP contribution in [0, 0.1) is 0 Å². The smallest absolute Gasteiger partial charge is 0.402 e. The van der Waals surface area contributed by atoms with Crippen molar-refractivity contribution in [3.63, 3.8) is 0 Å². The first-order valence-corrected chi connectivity index (χ1v) is 11.3. The quantitative estimate of drug-likeness (QED) is 0.187. The van der Waals surface area contributed by atoms with Crippen molar-refractivity contribution < 1.29 is 63.5 Å². The van der Waals surface area contributed by atoms with Crippen LogP contribution in [-0.4, -0.2) is 88.1 Å². The molecule has 0 aliphatic carbocycles. The van der Waals surface area contributed by atoms with Crippen LogP contribution in [0.3, 0.4) is 0 Å². The van der Waals surface area contributed by atoms with Crippen molar-refractivity contribution in [1.29, 1.82) is 0 Å². The van der Waals surface area contributed by atoms with Crippen LogP contribution in [0.2, 0.25) is 0 Å². The third kappa shape index (κ3) is 5.17. The predicted molar refractivity (Wildman–Crippen MR) is 128 cm³/mol. The summed E-state index contributed by atoms with van der Waals surface area (Å²) in [6.07, 6.45) is -7.92. The van der Waals surface area contributed by atoms with E-state index in [1.54, 1.807) is 0 Å². The molecule has 5 atom stereocenters. The highest BCUT2D eigenvalue weighted by molar-refractivity contribution is 5.88. The summed E-state index contributed by atoms with van der Waals surface area (Å²) in [4.78, 5) is 11.2. The molecule has 4 rings (SSSR count). The molecule has 6 N–H and O–H groups in total. The van der Waals surface area contributed by atoms with Gasteiger partial charge in [-0.05, 0) is 0 Å². The minimum absolute atomic E-state index is 0.0216. The van der Waals surface area contributed by atoms with Gasteiger partial charge in [0.1, 0.15) is 47.9 Å². The summed E-state index contributed by atoms with van der Waals surface area (Å²) < 4.78 is 32.7. The molecule has 38 heavy (non-hydrogen) atoms. The van der Waals surface area contributed by atoms with Gasteiger partial charge in [-0.15, -0.1) is 0 Å². The standard InChI is InChI=1S/C25H26O13/c1-10(26)35-9-19-21(30)22(31)23(32)25(38-19)37-18-8-13-14(28)6-12(27)7-15(13)36-24(18)11-4-16(33-2)20(29)17(5-11)34-3/h4-8,19,21-23,25,30-32H,9H2,1-3H3,(H2-,27,28,29)/p+1. The molecule has 0 saturated carbocycles. The number of phenols is 3. The number of phenolic OH excluding ortho intramolecular Hbond substituents is 3. The highest BCUT2D eigenvalue weighted by Crippen LogP contribution is 2.45. The number of benzene rings is 2. The maximum atomic E-state index is 11.2. The number of carbonyl (C=O) groups is 1. The summed E-state index contributed by atoms with van der Waals surface area (Å²) >= 11 is 0. The van der Waals surface area contributed by atoms with Crippen LogP contribution in [0.4, 0.5) is 0 Å². The van der Waals surface area contributed by atoms with Crippen LogP contribution >= 0.6 is 0 Å². The number of rotatable bonds is 7. The van der Waals surface area contributed by atoms with Gasteiger partial charge in [-0.2, -0.15) is 0 Å². The first-order chi connectivity index (χ1) is 18.0. The van der Waals surface area contributed by atoms with E-state index >= 15 is 0 Å². The van der Waals surface area contributed by atoms with Crippen LogP contribution in [0.25, 0.3) is 22.3 Å². The molecule has 5 unspecified atom stereocenters. The van der Waals surface area contributed by atoms with Crippen molar-refractivity contribution in [2.75, 3.05) is 20.8 Å². The Morgan fingerprint density at radius 2 is 1.58 bits per heavy atom. The maximum absolute atomic E-state index is 11.2. The Labute approximate surface area is 215 Å². The Morgan fingerprint density at radius 1 is 0.921 bits per heavy atom. The lowest BCUT2D eigenvalue weighted by Crippen LogP contribution is -2.60. The van der Waals surface area contributed by atoms with Crippen LogP contribution in [0.5, 0.6) is 34.5 Å². The highest BCUT2D eigenvalue weighted by Gasteiger charge is 2.46. The highest BCUT2D eigenvalue weighted by atomic mass is 16.7. The number of esters is 1. The van der Waals surface area contributed by atoms with Crippen molar-refractivity contribution in [2.24, 2.45) is 0 Å². The minimum atomic E-state index is -1.75. The van der Waals surface area contributed by atoms with Gasteiger partial charge in [-0.1, -0.05) is 0 Å². The van der Waals surface area contributed by atoms with Gasteiger partial charge in [0.05, 0.1) is 25.8 Å². The topological polar surface area (TPSA) is 196 Å². The van der Waals surface area contributed by atoms with E-state index in [4.69, 9.17) is 28.1 Å². The maximum Gasteiger partial charge on any atom is 0.402 e. The van der Waals surface area contributed by atoms with E-state index < -0.39 is 43.3 Å². The van der Waals surface area contributed by atoms with Crippen molar-refractivity contribution in [3.05, 3.63) is 30.3 Å². The number of aromatic hydroxyl groups is 3. The van der Waals surface area contributed by atoms with Crippen LogP contribution in [0.15, 0.2) is 34.7 Å². The second-order valence-electron chi connectivity index (χ2n) is 8.48. The van der Waals surface area contributed by atoms with Crippen LogP contribution in [-0.2, 0) is 14.3 Å². The van der Waals surface area contributed by atoms with Gasteiger partial charge in [0.25, 0.3) is 0 Å². The second-order valence-corrected chi connectivity index (χ2v) is 8.48. The Balaban J connectivity index is 1.83. The fraction of sp³-hybridized carbons (Fsp3) is 0.360. The van der Waals surface area contributed by atoms with Gasteiger partial charge >= 0.3 is 17.3 Å². The molecular weight excluding hydrogens is 508 g/mol. The molecule has 13 heteroatoms. The monoisotopic (exact) mass is 535 g/mol. The van der Waals surface area contributed by atoms with E-state index in [1.807, 2.05) is 0 Å². The van der Waals surface area contributed by atoms with Crippen molar-refractivity contribution in [2.45, 2.75) is 37.6 Å². The molecule has 1 saturated heterocycles. The molecule has 2 aromatic carbocycles. The van der Waals surface area contributed by atoms with Crippen molar-refractivity contribution in [3.8, 4) is 45.8 Å². The summed E-state index contributed by atoms with van der Waals surface area (Å²) in [5.41, 5.74) is 0.294. The second kappa shape index (κ2) is 10.8. The number of carbonyl (C=O) groups excluding carboxylic acids is 1. The van der Waals surface area contributed by atoms with Gasteiger partial charge in [-0.3, -0.25) is 4.79 Å². The Morgan fingerprint density at radius 3 is 2.18 bits per heavy atom. The molecule has 204 valence electrons. The average molecular weight is 535 g/mol. The molecule has 2 heterocycles. The molecule has 1 aromatic heterocycles. The molecule has 13 nitrogen and oxygen atoms in total. The third-order valence-corrected chi connectivity index (χ3v) is 5.92. The summed E-state index contributed by atoms with van der Waals surface area (Å²) in [6, 6.07) is 6.47. The number of fused-ring (bicyclic) bond motifs is 1. The van der Waals surface area contributed by atoms with Gasteiger partial charge in [-0.25, -0.2) is 4.42 Å². The summed E-state index contributed by atoms with van der Waals surface area (Å²) in [6.45, 7) is 0.726. The van der Waals surface area contributed by atoms with E-state index in [9.17, 15) is 35.4 Å². The van der Waals surface area contributed by atoms with Gasteiger partial charge in [0, 0.05) is 31.2 Å². The van der Waals surface area contributed by atoms with E-state index in [1.165, 1.54) is 38.5 Å². The number of hydrogen-bond donors (Lipinski definition) is 6. The molecule has 0 amide bonds. The zero-order valence-corrected chi connectivity index (χ0v) is 20.5. The minimum Gasteiger partial charge on any atom is -0.507 e. The lowest BCUT2D eigenvalue weighted by atomic mass is 9.99. The number of aliphatic hydroxyl groups excluding tert-OH is 3. The van der Waals surface area contributed by atoms with E-state index in [0.717, 1.165) is 13.0 Å². The third-order valence-electron chi connectivity index (χ3n) is 5.92. The normalized spacial score (nSPS) is 23.2. The summed E-state index contributed by atoms with van der Waals surface area (Å²) in [5.74, 6) is -1.68. The fourth-order valence-electron chi connectivity index (χ4n) is 3.97.